The van der Waals surface area contributed by atoms with Crippen LogP contribution in [0.3, 0.4) is 0 Å². The third kappa shape index (κ3) is 3.38. The highest BCUT2D eigenvalue weighted by Gasteiger charge is 2.44. The topological polar surface area (TPSA) is 89.2 Å². The quantitative estimate of drug-likeness (QED) is 0.717. The Morgan fingerprint density at radius 2 is 2.03 bits per heavy atom. The number of rotatable bonds is 3. The molecule has 1 unspecified atom stereocenters. The number of guanidine groups is 1. The summed E-state index contributed by atoms with van der Waals surface area (Å²) in [6, 6.07) is 8.46. The molecule has 2 aliphatic heterocycles. The van der Waals surface area contributed by atoms with Crippen molar-refractivity contribution in [3.05, 3.63) is 47.8 Å². The van der Waals surface area contributed by atoms with Crippen LogP contribution in [0.15, 0.2) is 41.4 Å². The van der Waals surface area contributed by atoms with E-state index in [1.807, 2.05) is 0 Å². The van der Waals surface area contributed by atoms with Gasteiger partial charge >= 0.3 is 6.29 Å². The van der Waals surface area contributed by atoms with E-state index in [1.165, 1.54) is 47.8 Å². The van der Waals surface area contributed by atoms with E-state index in [0.717, 1.165) is 0 Å². The predicted molar refractivity (Wildman–Crippen MR) is 109 cm³/mol. The Hall–Kier alpha value is -3.08. The first-order chi connectivity index (χ1) is 13.9. The summed E-state index contributed by atoms with van der Waals surface area (Å²) in [5.41, 5.74) is 5.37. The maximum Gasteiger partial charge on any atom is 0.586 e. The minimum atomic E-state index is -3.77. The minimum absolute atomic E-state index is 0.0184. The molecule has 0 saturated heterocycles. The Bertz CT molecular complexity index is 1170. The van der Waals surface area contributed by atoms with Gasteiger partial charge in [0.1, 0.15) is 11.4 Å². The number of nitrogens with one attached hydrogen (secondary N) is 1. The second-order valence-electron chi connectivity index (χ2n) is 7.28. The lowest BCUT2D eigenvalue weighted by Gasteiger charge is -2.37. The number of anilines is 2. The molecule has 0 radical (unpaired) electrons. The fourth-order valence-electron chi connectivity index (χ4n) is 3.44. The van der Waals surface area contributed by atoms with Crippen molar-refractivity contribution in [3.63, 3.8) is 0 Å². The number of para-hydroxylation sites is 1. The molecule has 0 amide bonds. The number of fused-ring (bicyclic) bond motifs is 1. The Balaban J connectivity index is 1.72. The van der Waals surface area contributed by atoms with Gasteiger partial charge in [-0.15, -0.1) is 8.78 Å². The van der Waals surface area contributed by atoms with Gasteiger partial charge in [0.2, 0.25) is 5.96 Å². The molecule has 0 spiro atoms. The summed E-state index contributed by atoms with van der Waals surface area (Å²) in [5.74, 6) is 2.77. The monoisotopic (exact) mass is 440 g/mol. The third-order valence-corrected chi connectivity index (χ3v) is 7.14. The molecule has 0 bridgehead atoms. The van der Waals surface area contributed by atoms with Crippen LogP contribution in [0.25, 0.3) is 0 Å². The van der Waals surface area contributed by atoms with E-state index in [9.17, 15) is 17.4 Å². The van der Waals surface area contributed by atoms with Gasteiger partial charge in [-0.25, -0.2) is 13.6 Å². The van der Waals surface area contributed by atoms with Gasteiger partial charge in [-0.1, -0.05) is 6.07 Å². The molecule has 0 fully saturated rings. The lowest BCUT2D eigenvalue weighted by molar-refractivity contribution is -0.286. The number of nitrogens with two attached hydrogens (primary N) is 1. The lowest BCUT2D eigenvalue weighted by atomic mass is 9.93. The van der Waals surface area contributed by atoms with E-state index in [2.05, 4.69) is 25.7 Å². The molecule has 2 aromatic carbocycles. The molecular formula is C19H19F3N4O3S. The predicted octanol–water partition coefficient (Wildman–Crippen LogP) is 3.00. The Labute approximate surface area is 171 Å². The molecule has 160 valence electrons. The summed E-state index contributed by atoms with van der Waals surface area (Å²) in [7, 11) is -1.30. The highest BCUT2D eigenvalue weighted by molar-refractivity contribution is 7.98. The number of benzene rings is 2. The van der Waals surface area contributed by atoms with Crippen molar-refractivity contribution >= 4 is 32.9 Å². The summed E-state index contributed by atoms with van der Waals surface area (Å²) < 4.78 is 64.7. The average molecular weight is 440 g/mol. The summed E-state index contributed by atoms with van der Waals surface area (Å²) in [6.45, 7) is 1.61. The van der Waals surface area contributed by atoms with Crippen molar-refractivity contribution in [2.45, 2.75) is 18.8 Å². The van der Waals surface area contributed by atoms with Crippen molar-refractivity contribution in [2.24, 2.45) is 10.7 Å². The van der Waals surface area contributed by atoms with Gasteiger partial charge in [0, 0.05) is 18.3 Å². The fourth-order valence-corrected chi connectivity index (χ4v) is 5.11. The second-order valence-corrected chi connectivity index (χ2v) is 9.66. The van der Waals surface area contributed by atoms with Crippen LogP contribution < -0.4 is 20.5 Å². The number of aliphatic imine (C=N–C) groups is 1. The van der Waals surface area contributed by atoms with E-state index in [1.54, 1.807) is 6.92 Å². The third-order valence-electron chi connectivity index (χ3n) is 4.94. The minimum Gasteiger partial charge on any atom is -0.395 e. The molecule has 0 saturated carbocycles. The van der Waals surface area contributed by atoms with Crippen LogP contribution in [-0.2, 0) is 15.2 Å². The Kier molecular flexibility index (Phi) is 4.35. The Morgan fingerprint density at radius 1 is 1.30 bits per heavy atom. The molecule has 2 heterocycles. The summed E-state index contributed by atoms with van der Waals surface area (Å²) in [4.78, 5) is 4.34. The van der Waals surface area contributed by atoms with Crippen molar-refractivity contribution in [1.29, 1.82) is 0 Å². The number of ether oxygens (including phenoxy) is 2. The molecular weight excluding hydrogens is 421 g/mol. The molecule has 30 heavy (non-hydrogen) atoms. The SMILES string of the molecule is C=S1(=O)C[C@@](C)(c2cc(Nc3cccc4c3OC(F)(F)O4)ccc2F)N=C(N)N1C. The van der Waals surface area contributed by atoms with Gasteiger partial charge in [0.05, 0.1) is 21.1 Å². The molecule has 7 nitrogen and oxygen atoms in total. The standard InChI is InChI=1S/C19H19F3N4O3S/c1-18(10-30(3,27)26(2)17(23)25-18)12-9-11(7-8-13(12)20)24-14-5-4-6-15-16(14)29-19(21,22)28-15/h4-9,24H,3,10H2,1-2H3,(H2,23,25)/t18-,30?/m0/s1. The van der Waals surface area contributed by atoms with Gasteiger partial charge < -0.3 is 20.5 Å². The molecule has 2 aromatic rings. The van der Waals surface area contributed by atoms with Gasteiger partial charge in [-0.3, -0.25) is 4.31 Å². The number of hydrogen-bond donors (Lipinski definition) is 2. The van der Waals surface area contributed by atoms with Crippen molar-refractivity contribution in [1.82, 2.24) is 4.31 Å². The van der Waals surface area contributed by atoms with E-state index in [4.69, 9.17) is 5.73 Å². The lowest BCUT2D eigenvalue weighted by Crippen LogP contribution is -2.50. The highest BCUT2D eigenvalue weighted by Crippen LogP contribution is 2.46. The van der Waals surface area contributed by atoms with E-state index < -0.39 is 27.4 Å². The largest absolute Gasteiger partial charge is 0.586 e. The first-order valence-corrected chi connectivity index (χ1v) is 10.7. The van der Waals surface area contributed by atoms with E-state index in [0.29, 0.717) is 5.69 Å². The zero-order valence-corrected chi connectivity index (χ0v) is 16.9. The first-order valence-electron chi connectivity index (χ1n) is 8.80. The fraction of sp³-hybridized carbons (Fsp3) is 0.263. The second kappa shape index (κ2) is 6.46. The Morgan fingerprint density at radius 3 is 2.73 bits per heavy atom. The number of hydrogen-bond acceptors (Lipinski definition) is 6. The molecule has 11 heteroatoms. The van der Waals surface area contributed by atoms with Crippen LogP contribution >= 0.6 is 0 Å². The average Bonchev–Trinajstić information content (AvgIpc) is 2.96. The van der Waals surface area contributed by atoms with Gasteiger partial charge in [0.15, 0.2) is 11.5 Å². The smallest absolute Gasteiger partial charge is 0.395 e. The van der Waals surface area contributed by atoms with Gasteiger partial charge in [-0.2, -0.15) is 0 Å². The maximum absolute atomic E-state index is 14.7. The summed E-state index contributed by atoms with van der Waals surface area (Å²) in [6.07, 6.45) is -3.77. The van der Waals surface area contributed by atoms with Crippen molar-refractivity contribution < 1.29 is 26.9 Å². The van der Waals surface area contributed by atoms with Crippen LogP contribution in [0, 0.1) is 5.82 Å². The molecule has 3 N–H and O–H groups in total. The number of alkyl halides is 2. The molecule has 0 aliphatic carbocycles. The van der Waals surface area contributed by atoms with Crippen LogP contribution in [0.1, 0.15) is 12.5 Å². The molecule has 2 atom stereocenters. The zero-order chi connectivity index (χ0) is 21.9. The number of halogens is 3. The van der Waals surface area contributed by atoms with Crippen LogP contribution in [-0.4, -0.2) is 39.4 Å². The zero-order valence-electron chi connectivity index (χ0n) is 16.1. The van der Waals surface area contributed by atoms with Gasteiger partial charge in [-0.05, 0) is 43.1 Å². The van der Waals surface area contributed by atoms with E-state index >= 15 is 0 Å². The maximum atomic E-state index is 14.7. The summed E-state index contributed by atoms with van der Waals surface area (Å²) in [5, 5.41) is 2.92. The highest BCUT2D eigenvalue weighted by atomic mass is 32.2. The summed E-state index contributed by atoms with van der Waals surface area (Å²) >= 11 is 0. The van der Waals surface area contributed by atoms with Crippen molar-refractivity contribution in [2.75, 3.05) is 18.1 Å². The van der Waals surface area contributed by atoms with Gasteiger partial charge in [0.25, 0.3) is 0 Å². The van der Waals surface area contributed by atoms with Crippen molar-refractivity contribution in [3.8, 4) is 11.5 Å². The normalized spacial score (nSPS) is 27.0. The molecule has 4 rings (SSSR count). The van der Waals surface area contributed by atoms with Crippen LogP contribution in [0.5, 0.6) is 11.5 Å². The molecule has 2 aliphatic rings. The van der Waals surface area contributed by atoms with Crippen LogP contribution in [0.4, 0.5) is 24.5 Å². The molecule has 0 aromatic heterocycles. The van der Waals surface area contributed by atoms with Crippen LogP contribution in [0.2, 0.25) is 0 Å². The first kappa shape index (κ1) is 20.2. The van der Waals surface area contributed by atoms with E-state index in [-0.39, 0.29) is 34.5 Å². The number of nitrogens with zero attached hydrogens (tertiary/aromatic N) is 2.